The van der Waals surface area contributed by atoms with Crippen LogP contribution in [0, 0.1) is 0 Å². The third-order valence-electron chi connectivity index (χ3n) is 3.48. The van der Waals surface area contributed by atoms with Gasteiger partial charge in [-0.3, -0.25) is 0 Å². The number of ether oxygens (including phenoxy) is 1. The minimum Gasteiger partial charge on any atom is -0.381 e. The van der Waals surface area contributed by atoms with Gasteiger partial charge in [0.25, 0.3) is 0 Å². The third-order valence-corrected chi connectivity index (χ3v) is 3.48. The molecule has 0 radical (unpaired) electrons. The van der Waals surface area contributed by atoms with Crippen LogP contribution in [0.2, 0.25) is 0 Å². The van der Waals surface area contributed by atoms with E-state index in [-0.39, 0.29) is 0 Å². The quantitative estimate of drug-likeness (QED) is 0.849. The molecule has 1 aliphatic rings. The van der Waals surface area contributed by atoms with E-state index in [0.29, 0.717) is 6.04 Å². The van der Waals surface area contributed by atoms with Gasteiger partial charge in [0.15, 0.2) is 0 Å². The second kappa shape index (κ2) is 4.90. The summed E-state index contributed by atoms with van der Waals surface area (Å²) in [5.74, 6) is 0. The Morgan fingerprint density at radius 1 is 1.24 bits per heavy atom. The molecule has 2 N–H and O–H groups in total. The van der Waals surface area contributed by atoms with E-state index >= 15 is 0 Å². The molecule has 0 saturated carbocycles. The fourth-order valence-electron chi connectivity index (χ4n) is 2.43. The van der Waals surface area contributed by atoms with Gasteiger partial charge in [0.1, 0.15) is 0 Å². The van der Waals surface area contributed by atoms with Gasteiger partial charge in [0.2, 0.25) is 0 Å². The fraction of sp³-hybridized carbons (Fsp3) is 0.429. The van der Waals surface area contributed by atoms with Gasteiger partial charge >= 0.3 is 0 Å². The molecule has 1 fully saturated rings. The molecule has 3 heteroatoms. The van der Waals surface area contributed by atoms with Crippen LogP contribution in [0.4, 0.5) is 0 Å². The first-order valence-electron chi connectivity index (χ1n) is 6.29. The molecule has 0 unspecified atom stereocenters. The Balaban J connectivity index is 1.68. The Bertz CT molecular complexity index is 486. The van der Waals surface area contributed by atoms with Crippen molar-refractivity contribution in [2.24, 2.45) is 0 Å². The van der Waals surface area contributed by atoms with Gasteiger partial charge in [-0.25, -0.2) is 0 Å². The van der Waals surface area contributed by atoms with Crippen LogP contribution in [-0.2, 0) is 11.3 Å². The van der Waals surface area contributed by atoms with Crippen LogP contribution in [0.1, 0.15) is 18.4 Å². The average molecular weight is 230 g/mol. The number of nitrogens with one attached hydrogen (secondary N) is 2. The van der Waals surface area contributed by atoms with E-state index in [2.05, 4.69) is 40.8 Å². The van der Waals surface area contributed by atoms with Gasteiger partial charge in [0, 0.05) is 42.9 Å². The zero-order valence-corrected chi connectivity index (χ0v) is 9.91. The van der Waals surface area contributed by atoms with Crippen LogP contribution in [0.3, 0.4) is 0 Å². The van der Waals surface area contributed by atoms with E-state index in [1.54, 1.807) is 0 Å². The van der Waals surface area contributed by atoms with Crippen LogP contribution < -0.4 is 5.32 Å². The SMILES string of the molecule is c1ccc2c(CNC3CCOCC3)c[nH]c2c1. The van der Waals surface area contributed by atoms with Gasteiger partial charge in [-0.15, -0.1) is 0 Å². The zero-order valence-electron chi connectivity index (χ0n) is 9.91. The number of hydrogen-bond acceptors (Lipinski definition) is 2. The molecule has 0 bridgehead atoms. The van der Waals surface area contributed by atoms with E-state index < -0.39 is 0 Å². The average Bonchev–Trinajstić information content (AvgIpc) is 2.81. The highest BCUT2D eigenvalue weighted by Crippen LogP contribution is 2.18. The van der Waals surface area contributed by atoms with Crippen molar-refractivity contribution < 1.29 is 4.74 Å². The minimum absolute atomic E-state index is 0.609. The molecule has 17 heavy (non-hydrogen) atoms. The number of benzene rings is 1. The van der Waals surface area contributed by atoms with Gasteiger partial charge in [0.05, 0.1) is 0 Å². The van der Waals surface area contributed by atoms with E-state index in [1.165, 1.54) is 16.5 Å². The number of H-pyrrole nitrogens is 1. The van der Waals surface area contributed by atoms with Crippen molar-refractivity contribution in [2.75, 3.05) is 13.2 Å². The molecule has 0 spiro atoms. The van der Waals surface area contributed by atoms with Gasteiger partial charge < -0.3 is 15.0 Å². The molecule has 90 valence electrons. The summed E-state index contributed by atoms with van der Waals surface area (Å²) in [6.07, 6.45) is 4.36. The molecule has 1 aromatic carbocycles. The lowest BCUT2D eigenvalue weighted by molar-refractivity contribution is 0.0776. The topological polar surface area (TPSA) is 37.0 Å². The molecule has 2 aromatic rings. The van der Waals surface area contributed by atoms with Crippen molar-refractivity contribution in [2.45, 2.75) is 25.4 Å². The van der Waals surface area contributed by atoms with Gasteiger partial charge in [-0.1, -0.05) is 18.2 Å². The maximum atomic E-state index is 5.36. The lowest BCUT2D eigenvalue weighted by Gasteiger charge is -2.23. The summed E-state index contributed by atoms with van der Waals surface area (Å²) >= 11 is 0. The Kier molecular flexibility index (Phi) is 3.12. The van der Waals surface area contributed by atoms with E-state index in [9.17, 15) is 0 Å². The monoisotopic (exact) mass is 230 g/mol. The van der Waals surface area contributed by atoms with Gasteiger partial charge in [-0.2, -0.15) is 0 Å². The van der Waals surface area contributed by atoms with Crippen LogP contribution in [0.5, 0.6) is 0 Å². The number of rotatable bonds is 3. The first kappa shape index (κ1) is 10.8. The van der Waals surface area contributed by atoms with Gasteiger partial charge in [-0.05, 0) is 24.5 Å². The Morgan fingerprint density at radius 3 is 2.94 bits per heavy atom. The maximum absolute atomic E-state index is 5.36. The largest absolute Gasteiger partial charge is 0.381 e. The van der Waals surface area contributed by atoms with E-state index in [1.807, 2.05) is 0 Å². The summed E-state index contributed by atoms with van der Waals surface area (Å²) in [5, 5.41) is 4.94. The van der Waals surface area contributed by atoms with Crippen LogP contribution in [0.15, 0.2) is 30.5 Å². The third kappa shape index (κ3) is 2.35. The van der Waals surface area contributed by atoms with Crippen molar-refractivity contribution in [1.29, 1.82) is 0 Å². The number of fused-ring (bicyclic) bond motifs is 1. The Labute approximate surface area is 101 Å². The number of aromatic amines is 1. The highest BCUT2D eigenvalue weighted by molar-refractivity contribution is 5.82. The number of para-hydroxylation sites is 1. The predicted molar refractivity (Wildman–Crippen MR) is 69.0 cm³/mol. The second-order valence-electron chi connectivity index (χ2n) is 4.63. The molecule has 3 rings (SSSR count). The molecule has 0 atom stereocenters. The zero-order chi connectivity index (χ0) is 11.5. The summed E-state index contributed by atoms with van der Waals surface area (Å²) in [5.41, 5.74) is 2.57. The van der Waals surface area contributed by atoms with Crippen LogP contribution in [0.25, 0.3) is 10.9 Å². The standard InChI is InChI=1S/C14H18N2O/c1-2-4-14-13(3-1)11(10-16-14)9-15-12-5-7-17-8-6-12/h1-4,10,12,15-16H,5-9H2. The second-order valence-corrected chi connectivity index (χ2v) is 4.63. The summed E-state index contributed by atoms with van der Waals surface area (Å²) in [6.45, 7) is 2.73. The van der Waals surface area contributed by atoms with Crippen LogP contribution >= 0.6 is 0 Å². The molecule has 0 aliphatic carbocycles. The predicted octanol–water partition coefficient (Wildman–Crippen LogP) is 2.44. The van der Waals surface area contributed by atoms with Crippen LogP contribution in [-0.4, -0.2) is 24.2 Å². The van der Waals surface area contributed by atoms with Crippen molar-refractivity contribution in [3.05, 3.63) is 36.0 Å². The summed E-state index contributed by atoms with van der Waals surface area (Å²) in [7, 11) is 0. The summed E-state index contributed by atoms with van der Waals surface area (Å²) in [6, 6.07) is 9.06. The normalized spacial score (nSPS) is 17.6. The van der Waals surface area contributed by atoms with Crippen molar-refractivity contribution in [3.8, 4) is 0 Å². The molecule has 1 aromatic heterocycles. The molecule has 1 aliphatic heterocycles. The van der Waals surface area contributed by atoms with E-state index in [0.717, 1.165) is 32.6 Å². The molecule has 2 heterocycles. The van der Waals surface area contributed by atoms with Crippen molar-refractivity contribution in [1.82, 2.24) is 10.3 Å². The summed E-state index contributed by atoms with van der Waals surface area (Å²) in [4.78, 5) is 3.31. The highest BCUT2D eigenvalue weighted by atomic mass is 16.5. The highest BCUT2D eigenvalue weighted by Gasteiger charge is 2.13. The fourth-order valence-corrected chi connectivity index (χ4v) is 2.43. The lowest BCUT2D eigenvalue weighted by Crippen LogP contribution is -2.34. The molecular weight excluding hydrogens is 212 g/mol. The molecule has 0 amide bonds. The summed E-state index contributed by atoms with van der Waals surface area (Å²) < 4.78 is 5.36. The maximum Gasteiger partial charge on any atom is 0.0480 e. The smallest absolute Gasteiger partial charge is 0.0480 e. The minimum atomic E-state index is 0.609. The first-order valence-corrected chi connectivity index (χ1v) is 6.29. The molecular formula is C14H18N2O. The first-order chi connectivity index (χ1) is 8.43. The molecule has 1 saturated heterocycles. The number of hydrogen-bond donors (Lipinski definition) is 2. The Hall–Kier alpha value is -1.32. The molecule has 3 nitrogen and oxygen atoms in total. The van der Waals surface area contributed by atoms with E-state index in [4.69, 9.17) is 4.74 Å². The van der Waals surface area contributed by atoms with Crippen molar-refractivity contribution >= 4 is 10.9 Å². The lowest BCUT2D eigenvalue weighted by atomic mass is 10.1. The number of aromatic nitrogens is 1. The van der Waals surface area contributed by atoms with Crippen molar-refractivity contribution in [3.63, 3.8) is 0 Å². The Morgan fingerprint density at radius 2 is 2.06 bits per heavy atom.